The molecule has 1 heterocycles. The quantitative estimate of drug-likeness (QED) is 0.676. The van der Waals surface area contributed by atoms with Gasteiger partial charge in [-0.15, -0.1) is 17.9 Å². The van der Waals surface area contributed by atoms with Gasteiger partial charge < -0.3 is 4.74 Å². The van der Waals surface area contributed by atoms with E-state index in [1.807, 2.05) is 0 Å². The molecule has 1 aliphatic rings. The molecule has 13 heavy (non-hydrogen) atoms. The molecule has 0 aliphatic carbocycles. The van der Waals surface area contributed by atoms with Gasteiger partial charge in [0.1, 0.15) is 0 Å². The lowest BCUT2D eigenvalue weighted by atomic mass is 10.1. The molecular formula is C8H20OP4. The Hall–Kier alpha value is 1.68. The fourth-order valence-corrected chi connectivity index (χ4v) is 7.11. The predicted octanol–water partition coefficient (Wildman–Crippen LogP) is 3.99. The van der Waals surface area contributed by atoms with Gasteiger partial charge in [0.2, 0.25) is 0 Å². The van der Waals surface area contributed by atoms with Gasteiger partial charge in [-0.25, -0.2) is 0 Å². The lowest BCUT2D eigenvalue weighted by Crippen LogP contribution is -2.17. The van der Waals surface area contributed by atoms with Crippen LogP contribution in [0.2, 0.25) is 0 Å². The summed E-state index contributed by atoms with van der Waals surface area (Å²) in [6.07, 6.45) is 5.78. The van der Waals surface area contributed by atoms with Crippen molar-refractivity contribution in [2.75, 3.05) is 6.61 Å². The molecule has 1 rings (SSSR count). The maximum Gasteiger partial charge on any atom is 0.0649 e. The summed E-state index contributed by atoms with van der Waals surface area (Å²) < 4.78 is 5.79. The molecule has 1 saturated heterocycles. The molecule has 0 saturated carbocycles. The van der Waals surface area contributed by atoms with E-state index in [1.54, 1.807) is 0 Å². The number of ether oxygens (including phenoxy) is 1. The molecule has 1 nitrogen and oxygen atoms in total. The highest BCUT2D eigenvalue weighted by molar-refractivity contribution is 8.61. The largest absolute Gasteiger partial charge is 0.378 e. The van der Waals surface area contributed by atoms with Crippen molar-refractivity contribution in [1.82, 2.24) is 0 Å². The molecule has 78 valence electrons. The van der Waals surface area contributed by atoms with Crippen molar-refractivity contribution >= 4 is 33.1 Å². The molecule has 0 aromatic heterocycles. The molecule has 0 aromatic rings. The first-order chi connectivity index (χ1) is 6.29. The predicted molar refractivity (Wildman–Crippen MR) is 72.3 cm³/mol. The normalized spacial score (nSPS) is 31.6. The second kappa shape index (κ2) is 7.04. The molecule has 0 radical (unpaired) electrons. The maximum absolute atomic E-state index is 5.79. The summed E-state index contributed by atoms with van der Waals surface area (Å²) in [6, 6.07) is 0. The van der Waals surface area contributed by atoms with Gasteiger partial charge in [0.25, 0.3) is 0 Å². The first-order valence-corrected chi connectivity index (χ1v) is 11.6. The molecule has 0 spiro atoms. The average molecular weight is 256 g/mol. The summed E-state index contributed by atoms with van der Waals surface area (Å²) in [6.45, 7) is 3.26. The Morgan fingerprint density at radius 3 is 3.00 bits per heavy atom. The average Bonchev–Trinajstić information content (AvgIpc) is 2.61. The van der Waals surface area contributed by atoms with Crippen LogP contribution in [-0.2, 0) is 4.74 Å². The molecule has 6 atom stereocenters. The highest BCUT2D eigenvalue weighted by Crippen LogP contribution is 2.71. The first-order valence-electron chi connectivity index (χ1n) is 4.91. The standard InChI is InChI=1S/C8H20OP4/c1-2-3-4-7-8(5-6-9-7)13(11)12-10/h7-8,12H,2-6,10-11H2,1H3/t7-,8-,13?/m1/s1. The topological polar surface area (TPSA) is 9.23 Å². The zero-order valence-electron chi connectivity index (χ0n) is 8.20. The van der Waals surface area contributed by atoms with Crippen LogP contribution in [0.4, 0.5) is 0 Å². The van der Waals surface area contributed by atoms with E-state index >= 15 is 0 Å². The van der Waals surface area contributed by atoms with Gasteiger partial charge in [-0.05, 0) is 12.8 Å². The van der Waals surface area contributed by atoms with Crippen LogP contribution in [-0.4, -0.2) is 18.4 Å². The number of hydrogen-bond acceptors (Lipinski definition) is 1. The van der Waals surface area contributed by atoms with Crippen molar-refractivity contribution < 1.29 is 4.74 Å². The third kappa shape index (κ3) is 3.97. The minimum absolute atomic E-state index is 0.147. The summed E-state index contributed by atoms with van der Waals surface area (Å²) >= 11 is 0. The van der Waals surface area contributed by atoms with E-state index in [0.29, 0.717) is 6.10 Å². The van der Waals surface area contributed by atoms with E-state index < -0.39 is 0 Å². The zero-order chi connectivity index (χ0) is 9.68. The van der Waals surface area contributed by atoms with Crippen LogP contribution in [0.3, 0.4) is 0 Å². The van der Waals surface area contributed by atoms with Gasteiger partial charge in [-0.2, -0.15) is 0 Å². The van der Waals surface area contributed by atoms with Gasteiger partial charge in [0, 0.05) is 12.3 Å². The lowest BCUT2D eigenvalue weighted by Gasteiger charge is -2.23. The van der Waals surface area contributed by atoms with Crippen LogP contribution in [0.1, 0.15) is 32.6 Å². The van der Waals surface area contributed by atoms with Crippen LogP contribution >= 0.6 is 33.1 Å². The fourth-order valence-electron chi connectivity index (χ4n) is 1.73. The van der Waals surface area contributed by atoms with Crippen molar-refractivity contribution in [2.24, 2.45) is 0 Å². The van der Waals surface area contributed by atoms with Gasteiger partial charge in [-0.1, -0.05) is 35.0 Å². The van der Waals surface area contributed by atoms with Crippen LogP contribution in [0, 0.1) is 0 Å². The summed E-state index contributed by atoms with van der Waals surface area (Å²) in [5.41, 5.74) is 0.863. The van der Waals surface area contributed by atoms with Crippen LogP contribution in [0.25, 0.3) is 0 Å². The van der Waals surface area contributed by atoms with Gasteiger partial charge in [0.05, 0.1) is 6.10 Å². The minimum Gasteiger partial charge on any atom is -0.378 e. The summed E-state index contributed by atoms with van der Waals surface area (Å²) in [4.78, 5) is 0. The molecule has 0 bridgehead atoms. The fraction of sp³-hybridized carbons (Fsp3) is 1.00. The van der Waals surface area contributed by atoms with E-state index in [9.17, 15) is 0 Å². The smallest absolute Gasteiger partial charge is 0.0649 e. The van der Waals surface area contributed by atoms with E-state index in [4.69, 9.17) is 4.74 Å². The Morgan fingerprint density at radius 1 is 1.62 bits per heavy atom. The SMILES string of the molecule is CCCC[C@H]1OCC[C@H]1P(P)PP. The molecule has 0 amide bonds. The Balaban J connectivity index is 2.34. The molecule has 0 N–H and O–H groups in total. The third-order valence-electron chi connectivity index (χ3n) is 2.52. The number of unbranched alkanes of at least 4 members (excludes halogenated alkanes) is 1. The first kappa shape index (κ1) is 12.7. The lowest BCUT2D eigenvalue weighted by molar-refractivity contribution is 0.104. The molecular weight excluding hydrogens is 236 g/mol. The summed E-state index contributed by atoms with van der Waals surface area (Å²) in [5.74, 6) is 0. The van der Waals surface area contributed by atoms with Crippen molar-refractivity contribution in [3.05, 3.63) is 0 Å². The Morgan fingerprint density at radius 2 is 2.38 bits per heavy atom. The van der Waals surface area contributed by atoms with Crippen molar-refractivity contribution in [1.29, 1.82) is 0 Å². The van der Waals surface area contributed by atoms with Crippen molar-refractivity contribution in [2.45, 2.75) is 44.4 Å². The van der Waals surface area contributed by atoms with E-state index in [-0.39, 0.29) is 7.30 Å². The molecule has 1 fully saturated rings. The highest BCUT2D eigenvalue weighted by atomic mass is 32.6. The van der Waals surface area contributed by atoms with E-state index in [1.165, 1.54) is 25.7 Å². The van der Waals surface area contributed by atoms with E-state index in [0.717, 1.165) is 20.2 Å². The monoisotopic (exact) mass is 256 g/mol. The molecule has 0 aromatic carbocycles. The van der Waals surface area contributed by atoms with Crippen LogP contribution in [0.15, 0.2) is 0 Å². The minimum atomic E-state index is 0.147. The maximum atomic E-state index is 5.79. The Labute approximate surface area is 89.2 Å². The van der Waals surface area contributed by atoms with Gasteiger partial charge >= 0.3 is 0 Å². The summed E-state index contributed by atoms with van der Waals surface area (Å²) in [7, 11) is 7.11. The second-order valence-electron chi connectivity index (χ2n) is 3.44. The summed E-state index contributed by atoms with van der Waals surface area (Å²) in [5, 5.41) is 0. The van der Waals surface area contributed by atoms with Gasteiger partial charge in [-0.3, -0.25) is 0 Å². The van der Waals surface area contributed by atoms with Crippen LogP contribution < -0.4 is 0 Å². The Bertz CT molecular complexity index is 144. The van der Waals surface area contributed by atoms with E-state index in [2.05, 4.69) is 24.8 Å². The third-order valence-corrected chi connectivity index (χ3v) is 13.9. The van der Waals surface area contributed by atoms with Gasteiger partial charge in [0.15, 0.2) is 0 Å². The molecule has 1 aliphatic heterocycles. The molecule has 5 heteroatoms. The number of hydrogen-bond donors (Lipinski definition) is 0. The highest BCUT2D eigenvalue weighted by Gasteiger charge is 2.31. The zero-order valence-corrected chi connectivity index (χ0v) is 12.4. The van der Waals surface area contributed by atoms with Crippen molar-refractivity contribution in [3.8, 4) is 0 Å². The van der Waals surface area contributed by atoms with Crippen molar-refractivity contribution in [3.63, 3.8) is 0 Å². The molecule has 4 unspecified atom stereocenters. The Kier molecular flexibility index (Phi) is 6.90. The number of rotatable bonds is 5. The second-order valence-corrected chi connectivity index (χ2v) is 13.0. The van der Waals surface area contributed by atoms with Crippen LogP contribution in [0.5, 0.6) is 0 Å².